The van der Waals surface area contributed by atoms with E-state index in [1.54, 1.807) is 17.4 Å². The van der Waals surface area contributed by atoms with Gasteiger partial charge in [-0.25, -0.2) is 4.98 Å². The van der Waals surface area contributed by atoms with E-state index < -0.39 is 12.2 Å². The van der Waals surface area contributed by atoms with Crippen molar-refractivity contribution in [1.82, 2.24) is 4.98 Å². The number of amides is 1. The lowest BCUT2D eigenvalue weighted by Gasteiger charge is -2.31. The van der Waals surface area contributed by atoms with Crippen molar-refractivity contribution in [2.24, 2.45) is 0 Å². The number of nitrogens with zero attached hydrogens (tertiary/aromatic N) is 1. The van der Waals surface area contributed by atoms with Crippen LogP contribution in [-0.4, -0.2) is 23.1 Å². The molecule has 4 aromatic rings. The Morgan fingerprint density at radius 1 is 0.969 bits per heavy atom. The lowest BCUT2D eigenvalue weighted by molar-refractivity contribution is -0.128. The minimum absolute atomic E-state index is 0.260. The zero-order valence-corrected chi connectivity index (χ0v) is 18.7. The van der Waals surface area contributed by atoms with Crippen molar-refractivity contribution < 1.29 is 14.3 Å². The average Bonchev–Trinajstić information content (AvgIpc) is 3.29. The van der Waals surface area contributed by atoms with E-state index in [-0.39, 0.29) is 5.91 Å². The molecular formula is C25H19ClN2O3S. The summed E-state index contributed by atoms with van der Waals surface area (Å²) in [6.45, 7) is 1.82. The fourth-order valence-electron chi connectivity index (χ4n) is 3.51. The molecule has 1 N–H and O–H groups in total. The standard InChI is InChI=1S/C25H19ClN2O3S/c1-15-23(31-22-8-3-2-7-21(22)30-15)24(29)27-19-6-4-5-17(13-19)20-14-32-25(28-20)16-9-11-18(26)12-10-16/h2-15,23H,1H3,(H,27,29). The highest BCUT2D eigenvalue weighted by atomic mass is 35.5. The average molecular weight is 463 g/mol. The number of fused-ring (bicyclic) bond motifs is 1. The Labute approximate surface area is 194 Å². The van der Waals surface area contributed by atoms with Gasteiger partial charge in [0.05, 0.1) is 5.69 Å². The first-order valence-corrected chi connectivity index (χ1v) is 11.4. The fourth-order valence-corrected chi connectivity index (χ4v) is 4.47. The predicted molar refractivity (Wildman–Crippen MR) is 128 cm³/mol. The quantitative estimate of drug-likeness (QED) is 0.386. The van der Waals surface area contributed by atoms with Gasteiger partial charge in [0.25, 0.3) is 5.91 Å². The number of carbonyl (C=O) groups excluding carboxylic acids is 1. The Hall–Kier alpha value is -3.35. The summed E-state index contributed by atoms with van der Waals surface area (Å²) < 4.78 is 11.7. The molecule has 0 fully saturated rings. The maximum Gasteiger partial charge on any atom is 0.269 e. The van der Waals surface area contributed by atoms with Crippen LogP contribution in [-0.2, 0) is 4.79 Å². The Kier molecular flexibility index (Phi) is 5.55. The Balaban J connectivity index is 1.33. The number of ether oxygens (including phenoxy) is 2. The molecule has 2 heterocycles. The van der Waals surface area contributed by atoms with Crippen LogP contribution in [0.2, 0.25) is 5.02 Å². The third-order valence-electron chi connectivity index (χ3n) is 5.12. The summed E-state index contributed by atoms with van der Waals surface area (Å²) >= 11 is 7.54. The molecule has 1 aliphatic heterocycles. The second-order valence-corrected chi connectivity index (χ2v) is 8.72. The molecule has 1 amide bonds. The van der Waals surface area contributed by atoms with Crippen molar-refractivity contribution in [2.75, 3.05) is 5.32 Å². The van der Waals surface area contributed by atoms with Crippen molar-refractivity contribution >= 4 is 34.5 Å². The highest BCUT2D eigenvalue weighted by molar-refractivity contribution is 7.13. The van der Waals surface area contributed by atoms with E-state index in [0.717, 1.165) is 21.8 Å². The number of hydrogen-bond acceptors (Lipinski definition) is 5. The number of nitrogens with one attached hydrogen (secondary N) is 1. The normalized spacial score (nSPS) is 17.1. The Morgan fingerprint density at radius 3 is 2.50 bits per heavy atom. The van der Waals surface area contributed by atoms with Crippen LogP contribution in [0, 0.1) is 0 Å². The van der Waals surface area contributed by atoms with Crippen LogP contribution in [0.3, 0.4) is 0 Å². The molecule has 0 bridgehead atoms. The summed E-state index contributed by atoms with van der Waals surface area (Å²) in [7, 11) is 0. The third kappa shape index (κ3) is 4.20. The van der Waals surface area contributed by atoms with Gasteiger partial charge < -0.3 is 14.8 Å². The lowest BCUT2D eigenvalue weighted by atomic mass is 10.1. The molecule has 2 atom stereocenters. The van der Waals surface area contributed by atoms with Crippen molar-refractivity contribution in [3.05, 3.63) is 83.2 Å². The van der Waals surface area contributed by atoms with Gasteiger partial charge >= 0.3 is 0 Å². The van der Waals surface area contributed by atoms with Gasteiger partial charge in [0.2, 0.25) is 6.10 Å². The van der Waals surface area contributed by atoms with Crippen LogP contribution in [0.1, 0.15) is 6.92 Å². The molecule has 32 heavy (non-hydrogen) atoms. The van der Waals surface area contributed by atoms with Crippen LogP contribution in [0.15, 0.2) is 78.2 Å². The monoisotopic (exact) mass is 462 g/mol. The summed E-state index contributed by atoms with van der Waals surface area (Å²) in [6.07, 6.45) is -1.15. The number of carbonyl (C=O) groups is 1. The number of aromatic nitrogens is 1. The van der Waals surface area contributed by atoms with Crippen LogP contribution >= 0.6 is 22.9 Å². The smallest absolute Gasteiger partial charge is 0.269 e. The molecule has 2 unspecified atom stereocenters. The topological polar surface area (TPSA) is 60.5 Å². The van der Waals surface area contributed by atoms with Crippen LogP contribution in [0.5, 0.6) is 11.5 Å². The van der Waals surface area contributed by atoms with E-state index >= 15 is 0 Å². The summed E-state index contributed by atoms with van der Waals surface area (Å²) in [6, 6.07) is 22.6. The summed E-state index contributed by atoms with van der Waals surface area (Å²) in [5.41, 5.74) is 3.44. The molecule has 0 saturated carbocycles. The van der Waals surface area contributed by atoms with Crippen molar-refractivity contribution in [2.45, 2.75) is 19.1 Å². The molecule has 0 saturated heterocycles. The maximum absolute atomic E-state index is 12.9. The maximum atomic E-state index is 12.9. The highest BCUT2D eigenvalue weighted by Gasteiger charge is 2.34. The second kappa shape index (κ2) is 8.65. The van der Waals surface area contributed by atoms with E-state index in [1.165, 1.54) is 0 Å². The van der Waals surface area contributed by atoms with Gasteiger partial charge in [-0.05, 0) is 43.3 Å². The minimum atomic E-state index is -0.746. The Morgan fingerprint density at radius 2 is 1.72 bits per heavy atom. The summed E-state index contributed by atoms with van der Waals surface area (Å²) in [5.74, 6) is 0.951. The largest absolute Gasteiger partial charge is 0.482 e. The van der Waals surface area contributed by atoms with Crippen LogP contribution in [0.4, 0.5) is 5.69 Å². The minimum Gasteiger partial charge on any atom is -0.482 e. The number of hydrogen-bond donors (Lipinski definition) is 1. The number of anilines is 1. The van der Waals surface area contributed by atoms with Gasteiger partial charge in [-0.3, -0.25) is 4.79 Å². The first kappa shape index (κ1) is 20.5. The molecule has 0 radical (unpaired) electrons. The Bertz CT molecular complexity index is 1270. The van der Waals surface area contributed by atoms with E-state index in [0.29, 0.717) is 22.2 Å². The molecule has 1 aliphatic rings. The highest BCUT2D eigenvalue weighted by Crippen LogP contribution is 2.34. The van der Waals surface area contributed by atoms with Gasteiger partial charge in [0.15, 0.2) is 11.5 Å². The zero-order chi connectivity index (χ0) is 22.1. The molecule has 160 valence electrons. The van der Waals surface area contributed by atoms with Gasteiger partial charge in [-0.15, -0.1) is 11.3 Å². The third-order valence-corrected chi connectivity index (χ3v) is 6.27. The molecule has 1 aromatic heterocycles. The molecule has 3 aromatic carbocycles. The van der Waals surface area contributed by atoms with Crippen molar-refractivity contribution in [3.63, 3.8) is 0 Å². The number of para-hydroxylation sites is 2. The zero-order valence-electron chi connectivity index (χ0n) is 17.1. The number of rotatable bonds is 4. The number of thiazole rings is 1. The van der Waals surface area contributed by atoms with Gasteiger partial charge in [-0.1, -0.05) is 48.0 Å². The SMILES string of the molecule is CC1Oc2ccccc2OC1C(=O)Nc1cccc(-c2csc(-c3ccc(Cl)cc3)n2)c1. The number of benzene rings is 3. The molecule has 0 aliphatic carbocycles. The molecular weight excluding hydrogens is 444 g/mol. The second-order valence-electron chi connectivity index (χ2n) is 7.42. The summed E-state index contributed by atoms with van der Waals surface area (Å²) in [5, 5.41) is 6.55. The molecule has 5 nitrogen and oxygen atoms in total. The van der Waals surface area contributed by atoms with Crippen molar-refractivity contribution in [3.8, 4) is 33.3 Å². The van der Waals surface area contributed by atoms with Crippen LogP contribution < -0.4 is 14.8 Å². The predicted octanol–water partition coefficient (Wildman–Crippen LogP) is 6.30. The lowest BCUT2D eigenvalue weighted by Crippen LogP contribution is -2.46. The van der Waals surface area contributed by atoms with E-state index in [4.69, 9.17) is 26.1 Å². The van der Waals surface area contributed by atoms with E-state index in [1.807, 2.05) is 79.0 Å². The van der Waals surface area contributed by atoms with Crippen LogP contribution in [0.25, 0.3) is 21.8 Å². The fraction of sp³-hybridized carbons (Fsp3) is 0.120. The van der Waals surface area contributed by atoms with E-state index in [2.05, 4.69) is 5.32 Å². The van der Waals surface area contributed by atoms with E-state index in [9.17, 15) is 4.79 Å². The van der Waals surface area contributed by atoms with Gasteiger partial charge in [0, 0.05) is 27.2 Å². The van der Waals surface area contributed by atoms with Gasteiger partial charge in [0.1, 0.15) is 11.1 Å². The molecule has 5 rings (SSSR count). The first-order valence-electron chi connectivity index (χ1n) is 10.1. The number of halogens is 1. The first-order chi connectivity index (χ1) is 15.6. The summed E-state index contributed by atoms with van der Waals surface area (Å²) in [4.78, 5) is 17.7. The van der Waals surface area contributed by atoms with Gasteiger partial charge in [-0.2, -0.15) is 0 Å². The molecule has 7 heteroatoms. The van der Waals surface area contributed by atoms with Crippen molar-refractivity contribution in [1.29, 1.82) is 0 Å². The molecule has 0 spiro atoms.